The first-order valence-corrected chi connectivity index (χ1v) is 30.2. The zero-order chi connectivity index (χ0) is 50.5. The summed E-state index contributed by atoms with van der Waals surface area (Å²) in [4.78, 5) is 5.82. The molecule has 76 heavy (non-hydrogen) atoms. The largest absolute Gasteiger partial charge is 0.294 e. The number of hydrogen-bond acceptors (Lipinski definition) is 1. The Morgan fingerprint density at radius 3 is 0.697 bits per heavy atom. The maximum absolute atomic E-state index is 5.82. The molecule has 0 radical (unpaired) electrons. The van der Waals surface area contributed by atoms with E-state index in [9.17, 15) is 0 Å². The molecule has 358 valence electrons. The number of pyridine rings is 1. The molecule has 0 amide bonds. The highest BCUT2D eigenvalue weighted by Gasteiger charge is 2.46. The summed E-state index contributed by atoms with van der Waals surface area (Å²) in [5, 5.41) is 15.4. The van der Waals surface area contributed by atoms with Gasteiger partial charge in [-0.1, -0.05) is 273 Å². The van der Waals surface area contributed by atoms with E-state index in [1.807, 2.05) is 0 Å². The minimum atomic E-state index is -3.16. The normalized spacial score (nSPS) is 11.9. The van der Waals surface area contributed by atoms with Crippen LogP contribution in [0.15, 0.2) is 309 Å². The van der Waals surface area contributed by atoms with E-state index in [-0.39, 0.29) is 0 Å². The van der Waals surface area contributed by atoms with E-state index in [0.717, 1.165) is 44.8 Å². The molecular formula is C71H51N3Si2. The molecule has 3 nitrogen and oxygen atoms in total. The van der Waals surface area contributed by atoms with Gasteiger partial charge in [-0.3, -0.25) is 9.13 Å². The number of nitrogens with zero attached hydrogens (tertiary/aromatic N) is 3. The molecule has 14 rings (SSSR count). The van der Waals surface area contributed by atoms with Gasteiger partial charge in [0.25, 0.3) is 0 Å². The first-order chi connectivity index (χ1) is 37.7. The third kappa shape index (κ3) is 7.19. The van der Waals surface area contributed by atoms with Crippen LogP contribution >= 0.6 is 0 Å². The fraction of sp³-hybridized carbons (Fsp3) is 0. The molecule has 3 heterocycles. The Hall–Kier alpha value is -9.40. The summed E-state index contributed by atoms with van der Waals surface area (Å²) in [5.41, 5.74) is 6.68. The smallest absolute Gasteiger partial charge is 0.179 e. The summed E-state index contributed by atoms with van der Waals surface area (Å²) in [5.74, 6) is 1.71. The van der Waals surface area contributed by atoms with Gasteiger partial charge in [0, 0.05) is 21.5 Å². The summed E-state index contributed by atoms with van der Waals surface area (Å²) >= 11 is 0. The molecule has 0 unspecified atom stereocenters. The molecular weight excluding hydrogens is 951 g/mol. The van der Waals surface area contributed by atoms with Gasteiger partial charge >= 0.3 is 0 Å². The van der Waals surface area contributed by atoms with Gasteiger partial charge in [-0.05, 0) is 89.0 Å². The van der Waals surface area contributed by atoms with Crippen molar-refractivity contribution in [3.05, 3.63) is 309 Å². The number of hydrogen-bond donors (Lipinski definition) is 0. The molecule has 0 N–H and O–H groups in total. The van der Waals surface area contributed by atoms with Gasteiger partial charge in [-0.15, -0.1) is 0 Å². The van der Waals surface area contributed by atoms with Crippen LogP contribution in [0.1, 0.15) is 0 Å². The molecule has 11 aromatic carbocycles. The third-order valence-corrected chi connectivity index (χ3v) is 25.3. The number of aromatic nitrogens is 3. The molecule has 0 aliphatic rings. The van der Waals surface area contributed by atoms with E-state index >= 15 is 0 Å². The van der Waals surface area contributed by atoms with E-state index in [1.165, 1.54) is 63.0 Å². The lowest BCUT2D eigenvalue weighted by molar-refractivity contribution is 1.01. The zero-order valence-electron chi connectivity index (χ0n) is 41.8. The minimum absolute atomic E-state index is 0.856. The van der Waals surface area contributed by atoms with Crippen LogP contribution < -0.4 is 41.5 Å². The SMILES string of the molecule is c1ccc([Si](c2ccccc2)(c2ccccc2)c2cc(-c3cc(-n4c5ccccc5c5ccccc54)nc(-n4c5ccccc5c5ccccc54)c3)cc([Si](c3ccccc3)(c3ccccc3)c3ccccc3)c2)cc1. The molecule has 0 saturated heterocycles. The predicted molar refractivity (Wildman–Crippen MR) is 326 cm³/mol. The molecule has 5 heteroatoms. The van der Waals surface area contributed by atoms with Gasteiger partial charge in [0.2, 0.25) is 0 Å². The Labute approximate surface area is 444 Å². The summed E-state index contributed by atoms with van der Waals surface area (Å²) in [7, 11) is -6.32. The van der Waals surface area contributed by atoms with Gasteiger partial charge < -0.3 is 0 Å². The number of benzene rings is 11. The van der Waals surface area contributed by atoms with Crippen molar-refractivity contribution in [2.45, 2.75) is 0 Å². The molecule has 0 fully saturated rings. The second-order valence-corrected chi connectivity index (χ2v) is 27.4. The van der Waals surface area contributed by atoms with Gasteiger partial charge in [0.05, 0.1) is 22.1 Å². The van der Waals surface area contributed by atoms with E-state index < -0.39 is 16.1 Å². The number of rotatable bonds is 11. The van der Waals surface area contributed by atoms with Crippen LogP contribution in [0, 0.1) is 0 Å². The molecule has 0 spiro atoms. The Kier molecular flexibility index (Phi) is 11.2. The van der Waals surface area contributed by atoms with Crippen LogP contribution in [0.3, 0.4) is 0 Å². The fourth-order valence-corrected chi connectivity index (χ4v) is 22.4. The van der Waals surface area contributed by atoms with Crippen molar-refractivity contribution in [1.82, 2.24) is 14.1 Å². The first-order valence-electron chi connectivity index (χ1n) is 26.2. The van der Waals surface area contributed by atoms with E-state index in [1.54, 1.807) is 0 Å². The zero-order valence-corrected chi connectivity index (χ0v) is 43.8. The average molecular weight is 1000 g/mol. The molecule has 0 atom stereocenters. The van der Waals surface area contributed by atoms with Crippen molar-refractivity contribution in [2.24, 2.45) is 0 Å². The van der Waals surface area contributed by atoms with Crippen LogP contribution in [0.5, 0.6) is 0 Å². The maximum Gasteiger partial charge on any atom is 0.179 e. The second-order valence-electron chi connectivity index (χ2n) is 19.8. The van der Waals surface area contributed by atoms with Crippen LogP contribution in [0.25, 0.3) is 66.4 Å². The van der Waals surface area contributed by atoms with Crippen LogP contribution in [0.4, 0.5) is 0 Å². The molecule has 3 aromatic heterocycles. The van der Waals surface area contributed by atoms with Gasteiger partial charge in [0.15, 0.2) is 16.1 Å². The minimum Gasteiger partial charge on any atom is -0.294 e. The van der Waals surface area contributed by atoms with Crippen LogP contribution in [0.2, 0.25) is 0 Å². The Morgan fingerprint density at radius 2 is 0.434 bits per heavy atom. The molecule has 14 aromatic rings. The maximum atomic E-state index is 5.82. The topological polar surface area (TPSA) is 22.8 Å². The predicted octanol–water partition coefficient (Wildman–Crippen LogP) is 11.7. The first kappa shape index (κ1) is 45.2. The summed E-state index contributed by atoms with van der Waals surface area (Å²) in [6, 6.07) is 116. The van der Waals surface area contributed by atoms with Crippen molar-refractivity contribution >= 4 is 101 Å². The van der Waals surface area contributed by atoms with Crippen LogP contribution in [-0.2, 0) is 0 Å². The highest BCUT2D eigenvalue weighted by Crippen LogP contribution is 2.36. The van der Waals surface area contributed by atoms with Gasteiger partial charge in [-0.25, -0.2) is 4.98 Å². The highest BCUT2D eigenvalue weighted by atomic mass is 28.3. The van der Waals surface area contributed by atoms with Crippen molar-refractivity contribution in [3.8, 4) is 22.8 Å². The second kappa shape index (κ2) is 18.8. The Morgan fingerprint density at radius 1 is 0.211 bits per heavy atom. The molecule has 0 aliphatic heterocycles. The monoisotopic (exact) mass is 1000 g/mol. The highest BCUT2D eigenvalue weighted by molar-refractivity contribution is 7.22. The Balaban J connectivity index is 1.18. The van der Waals surface area contributed by atoms with Gasteiger partial charge in [0.1, 0.15) is 11.6 Å². The summed E-state index contributed by atoms with van der Waals surface area (Å²) in [6.45, 7) is 0. The van der Waals surface area contributed by atoms with Crippen molar-refractivity contribution in [1.29, 1.82) is 0 Å². The van der Waals surface area contributed by atoms with Crippen molar-refractivity contribution in [2.75, 3.05) is 0 Å². The molecule has 0 aliphatic carbocycles. The van der Waals surface area contributed by atoms with Crippen molar-refractivity contribution in [3.63, 3.8) is 0 Å². The summed E-state index contributed by atoms with van der Waals surface area (Å²) in [6.07, 6.45) is 0. The quantitative estimate of drug-likeness (QED) is 0.0935. The number of fused-ring (bicyclic) bond motifs is 6. The van der Waals surface area contributed by atoms with E-state index in [0.29, 0.717) is 0 Å². The summed E-state index contributed by atoms with van der Waals surface area (Å²) < 4.78 is 4.76. The fourth-order valence-electron chi connectivity index (χ4n) is 12.6. The lowest BCUT2D eigenvalue weighted by Crippen LogP contribution is -2.78. The van der Waals surface area contributed by atoms with E-state index in [4.69, 9.17) is 4.98 Å². The lowest BCUT2D eigenvalue weighted by Gasteiger charge is -2.38. The average Bonchev–Trinajstić information content (AvgIpc) is 4.06. The molecule has 0 bridgehead atoms. The number of para-hydroxylation sites is 4. The van der Waals surface area contributed by atoms with Crippen LogP contribution in [-0.4, -0.2) is 30.3 Å². The standard InChI is InChI=1S/C71H51N3Si2/c1-7-27-54(28-8-1)75(55-29-9-2-10-30-55,56-31-11-3-12-32-56)60-47-52(48-61(51-60)76(57-33-13-4-14-34-57,58-35-15-5-16-36-58)59-37-17-6-18-38-59)53-49-70(73-66-43-23-19-39-62(66)63-40-20-24-44-67(63)73)72-71(50-53)74-68-45-25-21-41-64(68)65-42-22-26-46-69(65)74/h1-51H. The van der Waals surface area contributed by atoms with Crippen molar-refractivity contribution < 1.29 is 0 Å². The molecule has 0 saturated carbocycles. The Bertz CT molecular complexity index is 3810. The van der Waals surface area contributed by atoms with E-state index in [2.05, 4.69) is 319 Å². The lowest BCUT2D eigenvalue weighted by atomic mass is 10.1. The van der Waals surface area contributed by atoms with Gasteiger partial charge in [-0.2, -0.15) is 0 Å². The third-order valence-electron chi connectivity index (χ3n) is 15.8.